The van der Waals surface area contributed by atoms with Crippen LogP contribution in [0.25, 0.3) is 0 Å². The first kappa shape index (κ1) is 16.0. The maximum absolute atomic E-state index is 13.5. The van der Waals surface area contributed by atoms with E-state index in [9.17, 15) is 4.39 Å². The normalized spacial score (nSPS) is 21.7. The van der Waals surface area contributed by atoms with Crippen molar-refractivity contribution in [2.45, 2.75) is 44.5 Å². The molecule has 1 fully saturated rings. The van der Waals surface area contributed by atoms with Crippen molar-refractivity contribution in [1.29, 1.82) is 0 Å². The fourth-order valence-electron chi connectivity index (χ4n) is 2.63. The van der Waals surface area contributed by atoms with Gasteiger partial charge in [-0.1, -0.05) is 11.8 Å². The van der Waals surface area contributed by atoms with Crippen LogP contribution >= 0.6 is 0 Å². The molecular formula is C17H21FO3. The lowest BCUT2D eigenvalue weighted by atomic mass is 9.95. The molecule has 1 aromatic rings. The molecule has 1 N–H and O–H groups in total. The summed E-state index contributed by atoms with van der Waals surface area (Å²) in [6.45, 7) is 0.134. The molecule has 0 amide bonds. The van der Waals surface area contributed by atoms with Crippen LogP contribution in [0.2, 0.25) is 0 Å². The standard InChI is InChI=1S/C17H21FO3/c1-20-16-5-2-6-17(11-16)21-12-14-8-13(4-3-7-19)9-15(18)10-14/h8-10,16-17,19H,2,5-7,11-12H2,1H3. The predicted octanol–water partition coefficient (Wildman–Crippen LogP) is 2.64. The van der Waals surface area contributed by atoms with E-state index in [1.54, 1.807) is 13.2 Å². The van der Waals surface area contributed by atoms with Gasteiger partial charge in [-0.2, -0.15) is 0 Å². The van der Waals surface area contributed by atoms with Gasteiger partial charge in [0.15, 0.2) is 0 Å². The summed E-state index contributed by atoms with van der Waals surface area (Å²) in [5.74, 6) is 4.90. The first-order valence-electron chi connectivity index (χ1n) is 7.25. The molecule has 0 aliphatic heterocycles. The molecule has 0 saturated heterocycles. The number of hydrogen-bond donors (Lipinski definition) is 1. The molecule has 2 atom stereocenters. The predicted molar refractivity (Wildman–Crippen MR) is 78.2 cm³/mol. The highest BCUT2D eigenvalue weighted by atomic mass is 19.1. The Kier molecular flexibility index (Phi) is 6.19. The number of benzene rings is 1. The molecule has 3 nitrogen and oxygen atoms in total. The van der Waals surface area contributed by atoms with E-state index < -0.39 is 0 Å². The molecule has 0 aromatic heterocycles. The van der Waals surface area contributed by atoms with Crippen molar-refractivity contribution in [3.05, 3.63) is 35.1 Å². The van der Waals surface area contributed by atoms with Crippen molar-refractivity contribution in [1.82, 2.24) is 0 Å². The largest absolute Gasteiger partial charge is 0.384 e. The van der Waals surface area contributed by atoms with Crippen LogP contribution in [0.3, 0.4) is 0 Å². The summed E-state index contributed by atoms with van der Waals surface area (Å²) in [7, 11) is 1.73. The number of aliphatic hydroxyl groups is 1. The Hall–Kier alpha value is -1.41. The van der Waals surface area contributed by atoms with Crippen LogP contribution in [0, 0.1) is 17.7 Å². The van der Waals surface area contributed by atoms with E-state index >= 15 is 0 Å². The van der Waals surface area contributed by atoms with Gasteiger partial charge in [0.1, 0.15) is 12.4 Å². The second-order valence-electron chi connectivity index (χ2n) is 5.27. The first-order valence-corrected chi connectivity index (χ1v) is 7.25. The summed E-state index contributed by atoms with van der Waals surface area (Å²) < 4.78 is 24.8. The zero-order valence-electron chi connectivity index (χ0n) is 12.3. The van der Waals surface area contributed by atoms with Gasteiger partial charge in [-0.15, -0.1) is 0 Å². The topological polar surface area (TPSA) is 38.7 Å². The minimum Gasteiger partial charge on any atom is -0.384 e. The maximum atomic E-state index is 13.5. The van der Waals surface area contributed by atoms with E-state index in [-0.39, 0.29) is 24.6 Å². The van der Waals surface area contributed by atoms with Crippen molar-refractivity contribution in [2.24, 2.45) is 0 Å². The molecular weight excluding hydrogens is 271 g/mol. The average Bonchev–Trinajstić information content (AvgIpc) is 2.50. The van der Waals surface area contributed by atoms with E-state index in [1.807, 2.05) is 0 Å². The van der Waals surface area contributed by atoms with Crippen molar-refractivity contribution in [2.75, 3.05) is 13.7 Å². The molecule has 0 bridgehead atoms. The SMILES string of the molecule is COC1CCCC(OCc2cc(F)cc(C#CCO)c2)C1. The second-order valence-corrected chi connectivity index (χ2v) is 5.27. The van der Waals surface area contributed by atoms with E-state index in [0.717, 1.165) is 31.2 Å². The molecule has 1 aromatic carbocycles. The molecule has 114 valence electrons. The van der Waals surface area contributed by atoms with Crippen LogP contribution in [0.1, 0.15) is 36.8 Å². The third-order valence-electron chi connectivity index (χ3n) is 3.67. The minimum absolute atomic E-state index is 0.166. The van der Waals surface area contributed by atoms with Crippen LogP contribution in [0.15, 0.2) is 18.2 Å². The summed E-state index contributed by atoms with van der Waals surface area (Å²) >= 11 is 0. The summed E-state index contributed by atoms with van der Waals surface area (Å²) in [6, 6.07) is 4.61. The fraction of sp³-hybridized carbons (Fsp3) is 0.529. The Bertz CT molecular complexity index is 519. The molecule has 0 spiro atoms. The molecule has 21 heavy (non-hydrogen) atoms. The monoisotopic (exact) mass is 292 g/mol. The van der Waals surface area contributed by atoms with Crippen LogP contribution in [0.4, 0.5) is 4.39 Å². The van der Waals surface area contributed by atoms with Gasteiger partial charge < -0.3 is 14.6 Å². The number of aliphatic hydroxyl groups excluding tert-OH is 1. The lowest BCUT2D eigenvalue weighted by molar-refractivity contribution is -0.0364. The van der Waals surface area contributed by atoms with Gasteiger partial charge in [0.25, 0.3) is 0 Å². The number of ether oxygens (including phenoxy) is 2. The fourth-order valence-corrected chi connectivity index (χ4v) is 2.63. The van der Waals surface area contributed by atoms with Crippen molar-refractivity contribution < 1.29 is 19.0 Å². The van der Waals surface area contributed by atoms with Crippen LogP contribution in [-0.2, 0) is 16.1 Å². The average molecular weight is 292 g/mol. The Labute approximate surface area is 125 Å². The summed E-state index contributed by atoms with van der Waals surface area (Å²) in [4.78, 5) is 0. The van der Waals surface area contributed by atoms with Gasteiger partial charge in [-0.25, -0.2) is 4.39 Å². The third-order valence-corrected chi connectivity index (χ3v) is 3.67. The zero-order valence-corrected chi connectivity index (χ0v) is 12.3. The van der Waals surface area contributed by atoms with Crippen molar-refractivity contribution in [3.8, 4) is 11.8 Å². The van der Waals surface area contributed by atoms with Crippen LogP contribution < -0.4 is 0 Å². The lowest BCUT2D eigenvalue weighted by Crippen LogP contribution is -2.27. The molecule has 1 saturated carbocycles. The van der Waals surface area contributed by atoms with E-state index in [4.69, 9.17) is 14.6 Å². The third kappa shape index (κ3) is 5.13. The molecule has 2 rings (SSSR count). The first-order chi connectivity index (χ1) is 10.2. The molecule has 1 aliphatic carbocycles. The highest BCUT2D eigenvalue weighted by Crippen LogP contribution is 2.24. The molecule has 0 radical (unpaired) electrons. The van der Waals surface area contributed by atoms with Gasteiger partial charge in [0, 0.05) is 12.7 Å². The molecule has 2 unspecified atom stereocenters. The Morgan fingerprint density at radius 3 is 2.86 bits per heavy atom. The molecule has 0 heterocycles. The van der Waals surface area contributed by atoms with E-state index in [1.165, 1.54) is 12.1 Å². The zero-order chi connectivity index (χ0) is 15.1. The van der Waals surface area contributed by atoms with Gasteiger partial charge in [0.2, 0.25) is 0 Å². The van der Waals surface area contributed by atoms with Crippen LogP contribution in [0.5, 0.6) is 0 Å². The smallest absolute Gasteiger partial charge is 0.124 e. The van der Waals surface area contributed by atoms with Gasteiger partial charge in [-0.3, -0.25) is 0 Å². The highest BCUT2D eigenvalue weighted by molar-refractivity contribution is 5.37. The van der Waals surface area contributed by atoms with E-state index in [2.05, 4.69) is 11.8 Å². The number of methoxy groups -OCH3 is 1. The van der Waals surface area contributed by atoms with Crippen molar-refractivity contribution in [3.63, 3.8) is 0 Å². The van der Waals surface area contributed by atoms with Crippen LogP contribution in [-0.4, -0.2) is 31.0 Å². The molecule has 1 aliphatic rings. The minimum atomic E-state index is -0.336. The van der Waals surface area contributed by atoms with Gasteiger partial charge in [-0.05, 0) is 49.4 Å². The van der Waals surface area contributed by atoms with Gasteiger partial charge >= 0.3 is 0 Å². The van der Waals surface area contributed by atoms with Crippen molar-refractivity contribution >= 4 is 0 Å². The quantitative estimate of drug-likeness (QED) is 0.867. The number of rotatable bonds is 4. The maximum Gasteiger partial charge on any atom is 0.124 e. The van der Waals surface area contributed by atoms with E-state index in [0.29, 0.717) is 12.2 Å². The second kappa shape index (κ2) is 8.14. The Morgan fingerprint density at radius 1 is 1.29 bits per heavy atom. The highest BCUT2D eigenvalue weighted by Gasteiger charge is 2.22. The van der Waals surface area contributed by atoms with Gasteiger partial charge in [0.05, 0.1) is 18.8 Å². The number of halogens is 1. The Balaban J connectivity index is 1.94. The molecule has 4 heteroatoms. The summed E-state index contributed by atoms with van der Waals surface area (Å²) in [5.41, 5.74) is 1.32. The Morgan fingerprint density at radius 2 is 2.10 bits per heavy atom. The number of hydrogen-bond acceptors (Lipinski definition) is 3. The summed E-state index contributed by atoms with van der Waals surface area (Å²) in [6.07, 6.45) is 4.52. The lowest BCUT2D eigenvalue weighted by Gasteiger charge is -2.28. The summed E-state index contributed by atoms with van der Waals surface area (Å²) in [5, 5.41) is 8.68.